The maximum Gasteiger partial charge on any atom is 0.185 e. The number of benzene rings is 2. The molecule has 1 aliphatic heterocycles. The summed E-state index contributed by atoms with van der Waals surface area (Å²) >= 11 is 13.6. The molecule has 2 heterocycles. The third-order valence-corrected chi connectivity index (χ3v) is 9.82. The van der Waals surface area contributed by atoms with Gasteiger partial charge in [-0.1, -0.05) is 41.4 Å². The molecule has 4 nitrogen and oxygen atoms in total. The molecule has 4 rings (SSSR count). The number of anilines is 1. The number of nitrogens with zero attached hydrogens (tertiary/aromatic N) is 2. The minimum atomic E-state index is -3.44. The second-order valence-electron chi connectivity index (χ2n) is 8.02. The van der Waals surface area contributed by atoms with Gasteiger partial charge in [-0.2, -0.15) is 0 Å². The Balaban J connectivity index is 1.41. The lowest BCUT2D eigenvalue weighted by atomic mass is 10.0. The highest BCUT2D eigenvalue weighted by Gasteiger charge is 2.32. The van der Waals surface area contributed by atoms with Crippen molar-refractivity contribution < 1.29 is 8.42 Å². The van der Waals surface area contributed by atoms with Crippen LogP contribution in [0.15, 0.2) is 46.7 Å². The fourth-order valence-corrected chi connectivity index (χ4v) is 6.85. The van der Waals surface area contributed by atoms with E-state index in [1.54, 1.807) is 17.4 Å². The van der Waals surface area contributed by atoms with E-state index in [1.165, 1.54) is 28.8 Å². The van der Waals surface area contributed by atoms with Gasteiger partial charge in [0.2, 0.25) is 0 Å². The van der Waals surface area contributed by atoms with Gasteiger partial charge in [0.25, 0.3) is 0 Å². The number of sulfone groups is 1. The molecular formula is C23H24Cl2N2O2S2. The maximum absolute atomic E-state index is 13.0. The predicted molar refractivity (Wildman–Crippen MR) is 130 cm³/mol. The Bertz CT molecular complexity index is 1200. The van der Waals surface area contributed by atoms with E-state index in [4.69, 9.17) is 28.2 Å². The number of halogens is 2. The van der Waals surface area contributed by atoms with Crippen LogP contribution in [0.5, 0.6) is 0 Å². The van der Waals surface area contributed by atoms with E-state index in [0.717, 1.165) is 17.2 Å². The largest absolute Gasteiger partial charge is 0.348 e. The van der Waals surface area contributed by atoms with Gasteiger partial charge in [0.15, 0.2) is 15.0 Å². The quantitative estimate of drug-likeness (QED) is 0.429. The predicted octanol–water partition coefficient (Wildman–Crippen LogP) is 6.10. The van der Waals surface area contributed by atoms with Crippen molar-refractivity contribution in [1.29, 1.82) is 0 Å². The highest BCUT2D eigenvalue weighted by Crippen LogP contribution is 2.32. The average molecular weight is 495 g/mol. The first-order valence-corrected chi connectivity index (χ1v) is 13.4. The summed E-state index contributed by atoms with van der Waals surface area (Å²) in [6.45, 7) is 5.58. The second-order valence-corrected chi connectivity index (χ2v) is 11.9. The van der Waals surface area contributed by atoms with E-state index >= 15 is 0 Å². The summed E-state index contributed by atoms with van der Waals surface area (Å²) in [5.41, 5.74) is 4.89. The highest BCUT2D eigenvalue weighted by molar-refractivity contribution is 7.92. The molecule has 2 aromatic carbocycles. The SMILES string of the molecule is Cc1ccc(Cc2csc(N3CCC(S(=O)(=O)c4ccc(Cl)c(Cl)c4)CC3)n2)cc1C. The minimum Gasteiger partial charge on any atom is -0.348 e. The lowest BCUT2D eigenvalue weighted by molar-refractivity contribution is 0.529. The number of rotatable bonds is 5. The van der Waals surface area contributed by atoms with Crippen molar-refractivity contribution in [2.45, 2.75) is 43.3 Å². The second kappa shape index (κ2) is 9.10. The van der Waals surface area contributed by atoms with Crippen molar-refractivity contribution >= 4 is 49.5 Å². The molecule has 0 atom stereocenters. The Morgan fingerprint density at radius 1 is 1.03 bits per heavy atom. The van der Waals surface area contributed by atoms with Gasteiger partial charge in [-0.05, 0) is 61.6 Å². The van der Waals surface area contributed by atoms with Crippen molar-refractivity contribution in [2.75, 3.05) is 18.0 Å². The molecule has 3 aromatic rings. The van der Waals surface area contributed by atoms with Gasteiger partial charge in [0.1, 0.15) is 0 Å². The summed E-state index contributed by atoms with van der Waals surface area (Å²) in [6, 6.07) is 11.0. The lowest BCUT2D eigenvalue weighted by Gasteiger charge is -2.31. The van der Waals surface area contributed by atoms with E-state index in [0.29, 0.717) is 31.0 Å². The molecule has 0 amide bonds. The van der Waals surface area contributed by atoms with Crippen molar-refractivity contribution in [2.24, 2.45) is 0 Å². The Kier molecular flexibility index (Phi) is 6.63. The smallest absolute Gasteiger partial charge is 0.185 e. The van der Waals surface area contributed by atoms with Crippen LogP contribution in [-0.2, 0) is 16.3 Å². The van der Waals surface area contributed by atoms with Crippen molar-refractivity contribution in [3.05, 3.63) is 74.2 Å². The molecule has 0 radical (unpaired) electrons. The zero-order valence-electron chi connectivity index (χ0n) is 17.4. The summed E-state index contributed by atoms with van der Waals surface area (Å²) in [5, 5.41) is 3.26. The summed E-state index contributed by atoms with van der Waals surface area (Å²) in [7, 11) is -3.44. The zero-order chi connectivity index (χ0) is 22.2. The summed E-state index contributed by atoms with van der Waals surface area (Å²) in [4.78, 5) is 7.24. The number of aromatic nitrogens is 1. The normalized spacial score (nSPS) is 15.4. The van der Waals surface area contributed by atoms with Gasteiger partial charge in [0, 0.05) is 24.9 Å². The van der Waals surface area contributed by atoms with Gasteiger partial charge < -0.3 is 4.90 Å². The van der Waals surface area contributed by atoms with Gasteiger partial charge in [-0.15, -0.1) is 11.3 Å². The number of hydrogen-bond acceptors (Lipinski definition) is 5. The Morgan fingerprint density at radius 2 is 1.77 bits per heavy atom. The number of aryl methyl sites for hydroxylation is 2. The molecule has 0 N–H and O–H groups in total. The molecule has 8 heteroatoms. The van der Waals surface area contributed by atoms with Crippen molar-refractivity contribution in [3.8, 4) is 0 Å². The average Bonchev–Trinajstić information content (AvgIpc) is 3.21. The van der Waals surface area contributed by atoms with Crippen LogP contribution in [0, 0.1) is 13.8 Å². The topological polar surface area (TPSA) is 50.3 Å². The van der Waals surface area contributed by atoms with Crippen LogP contribution in [0.1, 0.15) is 35.2 Å². The fourth-order valence-electron chi connectivity index (χ4n) is 3.85. The molecule has 31 heavy (non-hydrogen) atoms. The molecule has 0 bridgehead atoms. The van der Waals surface area contributed by atoms with Crippen LogP contribution in [0.2, 0.25) is 10.0 Å². The molecule has 0 saturated carbocycles. The molecule has 1 aromatic heterocycles. The van der Waals surface area contributed by atoms with E-state index in [2.05, 4.69) is 42.3 Å². The molecule has 1 aliphatic rings. The van der Waals surface area contributed by atoms with Crippen LogP contribution < -0.4 is 4.90 Å². The number of piperidine rings is 1. The highest BCUT2D eigenvalue weighted by atomic mass is 35.5. The Morgan fingerprint density at radius 3 is 2.45 bits per heavy atom. The lowest BCUT2D eigenvalue weighted by Crippen LogP contribution is -2.39. The van der Waals surface area contributed by atoms with Crippen LogP contribution in [0.4, 0.5) is 5.13 Å². The first-order chi connectivity index (χ1) is 14.7. The third kappa shape index (κ3) is 4.92. The minimum absolute atomic E-state index is 0.241. The van der Waals surface area contributed by atoms with E-state index in [-0.39, 0.29) is 9.92 Å². The molecule has 1 saturated heterocycles. The zero-order valence-corrected chi connectivity index (χ0v) is 20.6. The maximum atomic E-state index is 13.0. The van der Waals surface area contributed by atoms with Gasteiger partial charge in [-0.3, -0.25) is 0 Å². The van der Waals surface area contributed by atoms with E-state index in [9.17, 15) is 8.42 Å². The monoisotopic (exact) mass is 494 g/mol. The summed E-state index contributed by atoms with van der Waals surface area (Å²) in [5.74, 6) is 0. The molecule has 164 valence electrons. The van der Waals surface area contributed by atoms with Crippen molar-refractivity contribution in [1.82, 2.24) is 4.98 Å². The number of hydrogen-bond donors (Lipinski definition) is 0. The molecule has 0 spiro atoms. The van der Waals surface area contributed by atoms with Gasteiger partial charge in [0.05, 0.1) is 25.9 Å². The van der Waals surface area contributed by atoms with Crippen LogP contribution >= 0.6 is 34.5 Å². The summed E-state index contributed by atoms with van der Waals surface area (Å²) < 4.78 is 26.0. The van der Waals surface area contributed by atoms with Crippen LogP contribution in [0.3, 0.4) is 0 Å². The van der Waals surface area contributed by atoms with E-state index < -0.39 is 15.1 Å². The van der Waals surface area contributed by atoms with Gasteiger partial charge >= 0.3 is 0 Å². The number of thiazole rings is 1. The van der Waals surface area contributed by atoms with Crippen LogP contribution in [-0.4, -0.2) is 31.7 Å². The van der Waals surface area contributed by atoms with Crippen molar-refractivity contribution in [3.63, 3.8) is 0 Å². The standard InChI is InChI=1S/C23H24Cl2N2O2S2/c1-15-3-4-17(11-16(15)2)12-18-14-30-23(26-18)27-9-7-19(8-10-27)31(28,29)20-5-6-21(24)22(25)13-20/h3-6,11,13-14,19H,7-10,12H2,1-2H3. The Labute approximate surface area is 197 Å². The first-order valence-electron chi connectivity index (χ1n) is 10.2. The first kappa shape index (κ1) is 22.6. The summed E-state index contributed by atoms with van der Waals surface area (Å²) in [6.07, 6.45) is 1.93. The molecule has 0 unspecified atom stereocenters. The van der Waals surface area contributed by atoms with E-state index in [1.807, 2.05) is 0 Å². The van der Waals surface area contributed by atoms with Crippen LogP contribution in [0.25, 0.3) is 0 Å². The fraction of sp³-hybridized carbons (Fsp3) is 0.348. The molecule has 0 aliphatic carbocycles. The molecular weight excluding hydrogens is 471 g/mol. The Hall–Kier alpha value is -1.60. The molecule has 1 fully saturated rings. The van der Waals surface area contributed by atoms with Gasteiger partial charge in [-0.25, -0.2) is 13.4 Å². The third-order valence-electron chi connectivity index (χ3n) is 5.87.